The molecule has 54 heavy (non-hydrogen) atoms. The number of allylic oxidation sites excluding steroid dienone is 1. The van der Waals surface area contributed by atoms with E-state index in [1.54, 1.807) is 0 Å². The Morgan fingerprint density at radius 2 is 1.46 bits per heavy atom. The molecule has 13 nitrogen and oxygen atoms in total. The molecule has 0 aromatic carbocycles. The van der Waals surface area contributed by atoms with Crippen LogP contribution in [-0.4, -0.2) is 128 Å². The molecule has 5 saturated carbocycles. The van der Waals surface area contributed by atoms with Gasteiger partial charge in [0.05, 0.1) is 31.3 Å². The number of rotatable bonds is 7. The molecule has 0 bridgehead atoms. The topological polar surface area (TPSA) is 216 Å². The van der Waals surface area contributed by atoms with Crippen LogP contribution in [0.15, 0.2) is 12.2 Å². The number of aliphatic hydroxyl groups excluding tert-OH is 8. The zero-order valence-corrected chi connectivity index (χ0v) is 32.7. The predicted molar refractivity (Wildman–Crippen MR) is 193 cm³/mol. The molecule has 13 heteroatoms. The van der Waals surface area contributed by atoms with Gasteiger partial charge in [0.1, 0.15) is 42.7 Å². The molecule has 7 fully saturated rings. The van der Waals surface area contributed by atoms with Gasteiger partial charge < -0.3 is 59.8 Å². The molecule has 8 N–H and O–H groups in total. The minimum absolute atomic E-state index is 0.0444. The lowest BCUT2D eigenvalue weighted by molar-refractivity contribution is -0.317. The maximum atomic E-state index is 14.5. The van der Waals surface area contributed by atoms with Gasteiger partial charge in [-0.05, 0) is 117 Å². The summed E-state index contributed by atoms with van der Waals surface area (Å²) in [7, 11) is 0. The average Bonchev–Trinajstić information content (AvgIpc) is 3.55. The molecule has 308 valence electrons. The number of carbonyl (C=O) groups excluding carboxylic acids is 1. The molecule has 0 radical (unpaired) electrons. The lowest BCUT2D eigenvalue weighted by Gasteiger charge is -2.73. The quantitative estimate of drug-likeness (QED) is 0.106. The number of esters is 1. The van der Waals surface area contributed by atoms with Gasteiger partial charge in [0.25, 0.3) is 0 Å². The third-order valence-corrected chi connectivity index (χ3v) is 17.4. The SMILES string of the molecule is C=C(C)[C@@H]1CC[C@]2(C(=O)O[C@@H]3O[C@H](CO)[C@@H](O)[C@H](O)[C@H]3O)CC[C@]3(C)[C@H](CC[C@@H]4[C@@]5(C)CC[C@H](O[C@@H]6OC[C@H](O)[C@H](O)[C@H]6O)[C@@](C)(CO)[C@@H]5CC[C@]43C)[C@@H]12. The molecular weight excluding hydrogens is 700 g/mol. The lowest BCUT2D eigenvalue weighted by atomic mass is 9.32. The van der Waals surface area contributed by atoms with Crippen molar-refractivity contribution in [3.05, 3.63) is 12.2 Å². The van der Waals surface area contributed by atoms with Crippen LogP contribution in [0.25, 0.3) is 0 Å². The van der Waals surface area contributed by atoms with E-state index >= 15 is 0 Å². The zero-order chi connectivity index (χ0) is 39.3. The Labute approximate surface area is 319 Å². The summed E-state index contributed by atoms with van der Waals surface area (Å²) in [5, 5.41) is 83.4. The Kier molecular flexibility index (Phi) is 10.8. The first-order valence-corrected chi connectivity index (χ1v) is 20.4. The molecule has 0 unspecified atom stereocenters. The fourth-order valence-electron chi connectivity index (χ4n) is 14.2. The van der Waals surface area contributed by atoms with Crippen molar-refractivity contribution in [2.75, 3.05) is 19.8 Å². The minimum atomic E-state index is -1.66. The van der Waals surface area contributed by atoms with Crippen LogP contribution in [0.3, 0.4) is 0 Å². The van der Waals surface area contributed by atoms with E-state index in [0.29, 0.717) is 25.2 Å². The average molecular weight is 767 g/mol. The fraction of sp³-hybridized carbons (Fsp3) is 0.927. The van der Waals surface area contributed by atoms with E-state index in [2.05, 4.69) is 34.3 Å². The Bertz CT molecular complexity index is 1430. The smallest absolute Gasteiger partial charge is 0.314 e. The fourth-order valence-corrected chi connectivity index (χ4v) is 14.2. The third-order valence-electron chi connectivity index (χ3n) is 17.4. The molecule has 7 rings (SSSR count). The highest BCUT2D eigenvalue weighted by atomic mass is 16.7. The van der Waals surface area contributed by atoms with E-state index in [1.165, 1.54) is 0 Å². The first kappa shape index (κ1) is 40.9. The van der Waals surface area contributed by atoms with Crippen molar-refractivity contribution >= 4 is 5.97 Å². The van der Waals surface area contributed by atoms with Gasteiger partial charge in [-0.1, -0.05) is 39.8 Å². The number of ether oxygens (including phenoxy) is 4. The Morgan fingerprint density at radius 1 is 0.759 bits per heavy atom. The van der Waals surface area contributed by atoms with Gasteiger partial charge in [-0.25, -0.2) is 0 Å². The van der Waals surface area contributed by atoms with Crippen LogP contribution in [0, 0.1) is 56.7 Å². The molecule has 2 aliphatic heterocycles. The van der Waals surface area contributed by atoms with Crippen LogP contribution < -0.4 is 0 Å². The van der Waals surface area contributed by atoms with Crippen LogP contribution >= 0.6 is 0 Å². The van der Waals surface area contributed by atoms with Gasteiger partial charge in [0, 0.05) is 5.41 Å². The Hall–Kier alpha value is -1.23. The summed E-state index contributed by atoms with van der Waals surface area (Å²) < 4.78 is 23.7. The largest absolute Gasteiger partial charge is 0.432 e. The number of hydrogen-bond acceptors (Lipinski definition) is 13. The maximum Gasteiger partial charge on any atom is 0.314 e. The number of hydrogen-bond donors (Lipinski definition) is 8. The zero-order valence-electron chi connectivity index (χ0n) is 32.7. The van der Waals surface area contributed by atoms with Crippen LogP contribution in [0.5, 0.6) is 0 Å². The highest BCUT2D eigenvalue weighted by molar-refractivity contribution is 5.78. The van der Waals surface area contributed by atoms with Gasteiger partial charge in [0.2, 0.25) is 6.29 Å². The summed E-state index contributed by atoms with van der Waals surface area (Å²) >= 11 is 0. The normalized spacial score (nSPS) is 55.8. The van der Waals surface area contributed by atoms with Crippen molar-refractivity contribution < 1.29 is 64.6 Å². The van der Waals surface area contributed by atoms with Crippen molar-refractivity contribution in [3.63, 3.8) is 0 Å². The number of fused-ring (bicyclic) bond motifs is 7. The predicted octanol–water partition coefficient (Wildman–Crippen LogP) is 1.78. The van der Waals surface area contributed by atoms with Crippen LogP contribution in [0.4, 0.5) is 0 Å². The van der Waals surface area contributed by atoms with E-state index in [1.807, 2.05) is 6.92 Å². The second kappa shape index (κ2) is 14.2. The number of carbonyl (C=O) groups is 1. The molecular formula is C41H66O13. The molecule has 2 heterocycles. The second-order valence-electron chi connectivity index (χ2n) is 19.5. The first-order valence-electron chi connectivity index (χ1n) is 20.4. The molecule has 2 saturated heterocycles. The standard InChI is InChI=1S/C41H66O13/c1-20(2)21-9-14-41(36(50)54-35-33(49)31(47)30(46)24(17-42)52-35)16-15-39(5)22(28(21)41)7-8-26-37(3)12-11-27(53-34-32(48)29(45)23(44)18-51-34)38(4,19-43)25(37)10-13-40(26,39)6/h21-35,42-49H,1,7-19H2,2-6H3/t21-,22+,23-,24+,25+,26+,27-,28+,29-,30+,31-,32+,33+,34-,35-,37-,38-,39+,40+,41-/m0/s1. The second-order valence-corrected chi connectivity index (χ2v) is 19.5. The van der Waals surface area contributed by atoms with Crippen molar-refractivity contribution in [2.24, 2.45) is 56.7 Å². The summed E-state index contributed by atoms with van der Waals surface area (Å²) in [5.41, 5.74) is -0.760. The molecule has 0 aromatic rings. The lowest BCUT2D eigenvalue weighted by Crippen LogP contribution is -2.68. The van der Waals surface area contributed by atoms with Crippen molar-refractivity contribution in [2.45, 2.75) is 160 Å². The Morgan fingerprint density at radius 3 is 2.13 bits per heavy atom. The molecule has 20 atom stereocenters. The molecule has 0 aromatic heterocycles. The third kappa shape index (κ3) is 5.76. The van der Waals surface area contributed by atoms with Crippen LogP contribution in [-0.2, 0) is 23.7 Å². The summed E-state index contributed by atoms with van der Waals surface area (Å²) in [5.74, 6) is 0.243. The first-order chi connectivity index (χ1) is 25.3. The van der Waals surface area contributed by atoms with Gasteiger partial charge in [-0.2, -0.15) is 0 Å². The van der Waals surface area contributed by atoms with Gasteiger partial charge in [0.15, 0.2) is 6.29 Å². The molecule has 7 aliphatic rings. The summed E-state index contributed by atoms with van der Waals surface area (Å²) in [6.45, 7) is 15.0. The van der Waals surface area contributed by atoms with Crippen LogP contribution in [0.2, 0.25) is 0 Å². The monoisotopic (exact) mass is 766 g/mol. The van der Waals surface area contributed by atoms with E-state index in [0.717, 1.165) is 50.5 Å². The maximum absolute atomic E-state index is 14.5. The van der Waals surface area contributed by atoms with E-state index < -0.39 is 84.8 Å². The van der Waals surface area contributed by atoms with Gasteiger partial charge in [-0.3, -0.25) is 4.79 Å². The van der Waals surface area contributed by atoms with Gasteiger partial charge >= 0.3 is 5.97 Å². The van der Waals surface area contributed by atoms with E-state index in [4.69, 9.17) is 18.9 Å². The van der Waals surface area contributed by atoms with Crippen molar-refractivity contribution in [1.82, 2.24) is 0 Å². The van der Waals surface area contributed by atoms with Crippen molar-refractivity contribution in [1.29, 1.82) is 0 Å². The molecule has 0 spiro atoms. The molecule has 5 aliphatic carbocycles. The minimum Gasteiger partial charge on any atom is -0.432 e. The summed E-state index contributed by atoms with van der Waals surface area (Å²) in [6, 6.07) is 0. The summed E-state index contributed by atoms with van der Waals surface area (Å²) in [4.78, 5) is 14.5. The van der Waals surface area contributed by atoms with E-state index in [-0.39, 0.29) is 53.1 Å². The number of aliphatic hydroxyl groups is 8. The van der Waals surface area contributed by atoms with Gasteiger partial charge in [-0.15, -0.1) is 0 Å². The summed E-state index contributed by atoms with van der Waals surface area (Å²) in [6.07, 6.45) is -5.03. The highest BCUT2D eigenvalue weighted by Gasteiger charge is 2.73. The highest BCUT2D eigenvalue weighted by Crippen LogP contribution is 2.77. The van der Waals surface area contributed by atoms with E-state index in [9.17, 15) is 45.6 Å². The Balaban J connectivity index is 1.15. The van der Waals surface area contributed by atoms with Crippen LogP contribution in [0.1, 0.15) is 98.8 Å². The molecule has 0 amide bonds. The van der Waals surface area contributed by atoms with Crippen molar-refractivity contribution in [3.8, 4) is 0 Å².